The number of Topliss-reactive ketones (excluding diaryl/α,β-unsaturated/α-hetero) is 1. The molecule has 0 aromatic heterocycles. The number of rotatable bonds is 4. The maximum Gasteiger partial charge on any atom is 0.297 e. The van der Waals surface area contributed by atoms with Gasteiger partial charge in [0.2, 0.25) is 0 Å². The Hall–Kier alpha value is -2.24. The van der Waals surface area contributed by atoms with E-state index in [2.05, 4.69) is 6.08 Å². The van der Waals surface area contributed by atoms with Crippen molar-refractivity contribution in [3.05, 3.63) is 71.8 Å². The van der Waals surface area contributed by atoms with Crippen LogP contribution in [0.5, 0.6) is 0 Å². The van der Waals surface area contributed by atoms with Gasteiger partial charge in [0.15, 0.2) is 0 Å². The zero-order valence-corrected chi connectivity index (χ0v) is 16.4. The second-order valence-electron chi connectivity index (χ2n) is 8.18. The number of carbonyl (C=O) groups excluding carboxylic acids is 1. The normalized spacial score (nSPS) is 31.1. The van der Waals surface area contributed by atoms with Crippen molar-refractivity contribution in [3.8, 4) is 0 Å². The molecule has 0 radical (unpaired) electrons. The third-order valence-corrected chi connectivity index (χ3v) is 7.87. The van der Waals surface area contributed by atoms with Crippen molar-refractivity contribution in [1.29, 1.82) is 0 Å². The number of hydrogen-bond acceptors (Lipinski definition) is 4. The zero-order chi connectivity index (χ0) is 19.5. The van der Waals surface area contributed by atoms with Crippen LogP contribution in [0.15, 0.2) is 65.6 Å². The predicted octanol–water partition coefficient (Wildman–Crippen LogP) is 4.01. The van der Waals surface area contributed by atoms with E-state index in [4.69, 9.17) is 4.18 Å². The largest absolute Gasteiger partial charge is 0.299 e. The predicted molar refractivity (Wildman–Crippen MR) is 106 cm³/mol. The Kier molecular flexibility index (Phi) is 4.07. The summed E-state index contributed by atoms with van der Waals surface area (Å²) >= 11 is 0. The Bertz CT molecular complexity index is 1050. The number of benzene rings is 2. The van der Waals surface area contributed by atoms with Crippen LogP contribution in [-0.2, 0) is 19.1 Å². The number of carbonyl (C=O) groups is 1. The molecule has 0 N–H and O–H groups in total. The van der Waals surface area contributed by atoms with Crippen molar-refractivity contribution < 1.29 is 17.4 Å². The molecular formula is C23H22O4S. The smallest absolute Gasteiger partial charge is 0.297 e. The molecule has 0 heterocycles. The fraction of sp³-hybridized carbons (Fsp3) is 0.348. The summed E-state index contributed by atoms with van der Waals surface area (Å²) in [7, 11) is -3.93. The molecule has 0 aliphatic heterocycles. The maximum absolute atomic E-state index is 13.0. The molecule has 28 heavy (non-hydrogen) atoms. The Balaban J connectivity index is 1.53. The van der Waals surface area contributed by atoms with E-state index in [1.807, 2.05) is 37.3 Å². The number of fused-ring (bicyclic) bond motifs is 1. The summed E-state index contributed by atoms with van der Waals surface area (Å²) in [5.41, 5.74) is 3.20. The third-order valence-electron chi connectivity index (χ3n) is 6.54. The molecule has 0 amide bonds. The van der Waals surface area contributed by atoms with Gasteiger partial charge in [-0.1, -0.05) is 54.1 Å². The summed E-state index contributed by atoms with van der Waals surface area (Å²) < 4.78 is 31.7. The highest BCUT2D eigenvalue weighted by Crippen LogP contribution is 2.58. The first kappa shape index (κ1) is 17.8. The van der Waals surface area contributed by atoms with E-state index >= 15 is 0 Å². The SMILES string of the molecule is Cc1ccc(S(=O)(=O)OC2C3CC4C(C=C3c3ccccc3)CC(=O)C42)cc1. The number of ketones is 1. The van der Waals surface area contributed by atoms with Crippen LogP contribution in [0.1, 0.15) is 24.0 Å². The molecular weight excluding hydrogens is 372 g/mol. The molecule has 144 valence electrons. The average molecular weight is 394 g/mol. The Morgan fingerprint density at radius 1 is 1.00 bits per heavy atom. The molecule has 4 nitrogen and oxygen atoms in total. The lowest BCUT2D eigenvalue weighted by molar-refractivity contribution is -0.123. The molecule has 3 aliphatic carbocycles. The molecule has 2 aromatic carbocycles. The summed E-state index contributed by atoms with van der Waals surface area (Å²) in [5.74, 6) is 0.138. The van der Waals surface area contributed by atoms with Crippen LogP contribution in [-0.4, -0.2) is 20.3 Å². The summed E-state index contributed by atoms with van der Waals surface area (Å²) in [6.07, 6.45) is 2.88. The minimum absolute atomic E-state index is 0.0712. The molecule has 5 unspecified atom stereocenters. The van der Waals surface area contributed by atoms with Gasteiger partial charge in [-0.3, -0.25) is 8.98 Å². The summed E-state index contributed by atoms with van der Waals surface area (Å²) in [6, 6.07) is 16.7. The lowest BCUT2D eigenvalue weighted by Gasteiger charge is -2.28. The highest BCUT2D eigenvalue weighted by Gasteiger charge is 2.58. The Morgan fingerprint density at radius 3 is 2.43 bits per heavy atom. The second kappa shape index (κ2) is 6.39. The Labute approximate surface area is 165 Å². The van der Waals surface area contributed by atoms with Gasteiger partial charge in [0.1, 0.15) is 5.78 Å². The van der Waals surface area contributed by atoms with Crippen molar-refractivity contribution >= 4 is 21.5 Å². The molecule has 2 aromatic rings. The minimum Gasteiger partial charge on any atom is -0.299 e. The van der Waals surface area contributed by atoms with Gasteiger partial charge in [-0.2, -0.15) is 8.42 Å². The van der Waals surface area contributed by atoms with Crippen molar-refractivity contribution in [3.63, 3.8) is 0 Å². The number of aryl methyl sites for hydroxylation is 1. The molecule has 3 aliphatic rings. The van der Waals surface area contributed by atoms with Gasteiger partial charge in [-0.25, -0.2) is 0 Å². The van der Waals surface area contributed by atoms with Crippen LogP contribution in [0.4, 0.5) is 0 Å². The van der Waals surface area contributed by atoms with Gasteiger partial charge in [0, 0.05) is 18.3 Å². The minimum atomic E-state index is -3.93. The van der Waals surface area contributed by atoms with Crippen LogP contribution in [0.3, 0.4) is 0 Å². The first-order valence-electron chi connectivity index (χ1n) is 9.74. The summed E-state index contributed by atoms with van der Waals surface area (Å²) in [4.78, 5) is 12.8. The van der Waals surface area contributed by atoms with Gasteiger partial charge < -0.3 is 0 Å². The second-order valence-corrected chi connectivity index (χ2v) is 9.75. The van der Waals surface area contributed by atoms with Crippen LogP contribution >= 0.6 is 0 Å². The van der Waals surface area contributed by atoms with Gasteiger partial charge in [0.05, 0.1) is 11.0 Å². The first-order chi connectivity index (χ1) is 13.4. The lowest BCUT2D eigenvalue weighted by Crippen LogP contribution is -2.32. The van der Waals surface area contributed by atoms with E-state index < -0.39 is 16.2 Å². The summed E-state index contributed by atoms with van der Waals surface area (Å²) in [5, 5.41) is 0. The van der Waals surface area contributed by atoms with Gasteiger partial charge in [0.25, 0.3) is 10.1 Å². The van der Waals surface area contributed by atoms with E-state index in [0.29, 0.717) is 6.42 Å². The van der Waals surface area contributed by atoms with Crippen molar-refractivity contribution in [2.45, 2.75) is 30.8 Å². The number of allylic oxidation sites excluding steroid dienone is 1. The molecule has 2 fully saturated rings. The van der Waals surface area contributed by atoms with Crippen LogP contribution < -0.4 is 0 Å². The van der Waals surface area contributed by atoms with E-state index in [9.17, 15) is 13.2 Å². The molecule has 0 saturated heterocycles. The van der Waals surface area contributed by atoms with Gasteiger partial charge >= 0.3 is 0 Å². The maximum atomic E-state index is 13.0. The van der Waals surface area contributed by atoms with Crippen LogP contribution in [0.25, 0.3) is 5.57 Å². The van der Waals surface area contributed by atoms with Crippen molar-refractivity contribution in [1.82, 2.24) is 0 Å². The molecule has 5 atom stereocenters. The standard InChI is InChI=1S/C23H22O4S/c1-14-7-9-17(10-8-14)28(25,26)27-23-20-13-19-16(12-21(24)22(19)23)11-18(20)15-5-3-2-4-6-15/h2-11,16,19-20,22-23H,12-13H2,1H3. The summed E-state index contributed by atoms with van der Waals surface area (Å²) in [6.45, 7) is 1.91. The topological polar surface area (TPSA) is 60.4 Å². The Morgan fingerprint density at radius 2 is 1.71 bits per heavy atom. The highest BCUT2D eigenvalue weighted by atomic mass is 32.2. The number of hydrogen-bond donors (Lipinski definition) is 0. The quantitative estimate of drug-likeness (QED) is 0.735. The zero-order valence-electron chi connectivity index (χ0n) is 15.6. The fourth-order valence-electron chi connectivity index (χ4n) is 5.27. The van der Waals surface area contributed by atoms with E-state index in [1.54, 1.807) is 24.3 Å². The molecule has 0 spiro atoms. The monoisotopic (exact) mass is 394 g/mol. The van der Waals surface area contributed by atoms with Crippen molar-refractivity contribution in [2.75, 3.05) is 0 Å². The van der Waals surface area contributed by atoms with Crippen molar-refractivity contribution in [2.24, 2.45) is 23.7 Å². The van der Waals surface area contributed by atoms with Gasteiger partial charge in [-0.15, -0.1) is 0 Å². The van der Waals surface area contributed by atoms with E-state index in [1.165, 1.54) is 0 Å². The van der Waals surface area contributed by atoms with Crippen LogP contribution in [0, 0.1) is 30.6 Å². The van der Waals surface area contributed by atoms with E-state index in [-0.39, 0.29) is 34.4 Å². The highest BCUT2D eigenvalue weighted by molar-refractivity contribution is 7.86. The first-order valence-corrected chi connectivity index (χ1v) is 11.1. The van der Waals surface area contributed by atoms with Crippen LogP contribution in [0.2, 0.25) is 0 Å². The fourth-order valence-corrected chi connectivity index (χ4v) is 6.39. The van der Waals surface area contributed by atoms with E-state index in [0.717, 1.165) is 23.1 Å². The lowest BCUT2D eigenvalue weighted by atomic mass is 9.79. The van der Waals surface area contributed by atoms with Gasteiger partial charge in [-0.05, 0) is 48.4 Å². The third kappa shape index (κ3) is 2.76. The molecule has 2 bridgehead atoms. The molecule has 5 heteroatoms. The molecule has 2 saturated carbocycles. The average Bonchev–Trinajstić information content (AvgIpc) is 3.16. The molecule has 5 rings (SSSR count).